The fourth-order valence-electron chi connectivity index (χ4n) is 4.30. The van der Waals surface area contributed by atoms with Gasteiger partial charge in [-0.3, -0.25) is 9.69 Å². The Morgan fingerprint density at radius 3 is 2.42 bits per heavy atom. The third kappa shape index (κ3) is 4.53. The highest BCUT2D eigenvalue weighted by atomic mass is 32.2. The summed E-state index contributed by atoms with van der Waals surface area (Å²) in [6.07, 6.45) is 0.684. The highest BCUT2D eigenvalue weighted by molar-refractivity contribution is 7.89. The Bertz CT molecular complexity index is 1270. The normalized spacial score (nSPS) is 15.8. The molecule has 0 atom stereocenters. The molecular formula is C24H31N5O3S. The third-order valence-electron chi connectivity index (χ3n) is 6.29. The van der Waals surface area contributed by atoms with Crippen molar-refractivity contribution in [2.75, 3.05) is 40.3 Å². The summed E-state index contributed by atoms with van der Waals surface area (Å²) in [6, 6.07) is 12.8. The van der Waals surface area contributed by atoms with E-state index < -0.39 is 10.0 Å². The first-order chi connectivity index (χ1) is 15.7. The van der Waals surface area contributed by atoms with Crippen LogP contribution >= 0.6 is 0 Å². The van der Waals surface area contributed by atoms with Crippen molar-refractivity contribution in [2.45, 2.75) is 24.8 Å². The number of aryl methyl sites for hydroxylation is 2. The molecule has 9 heteroatoms. The van der Waals surface area contributed by atoms with Crippen LogP contribution in [-0.2, 0) is 30.0 Å². The highest BCUT2D eigenvalue weighted by Crippen LogP contribution is 2.23. The molecule has 1 aromatic heterocycles. The number of nitrogens with zero attached hydrogens (tertiary/aromatic N) is 5. The number of carbonyl (C=O) groups is 1. The first kappa shape index (κ1) is 23.4. The number of hydrogen-bond donors (Lipinski definition) is 0. The molecule has 2 heterocycles. The summed E-state index contributed by atoms with van der Waals surface area (Å²) < 4.78 is 30.0. The Labute approximate surface area is 195 Å². The van der Waals surface area contributed by atoms with Crippen molar-refractivity contribution < 1.29 is 13.2 Å². The number of hydrogen-bond acceptors (Lipinski definition) is 5. The summed E-state index contributed by atoms with van der Waals surface area (Å²) in [6.45, 7) is 4.78. The molecule has 3 aromatic rings. The van der Waals surface area contributed by atoms with Crippen molar-refractivity contribution in [3.05, 3.63) is 59.4 Å². The van der Waals surface area contributed by atoms with E-state index in [1.54, 1.807) is 35.4 Å². The maximum absolute atomic E-state index is 13.2. The van der Waals surface area contributed by atoms with Gasteiger partial charge in [0.1, 0.15) is 5.82 Å². The van der Waals surface area contributed by atoms with Gasteiger partial charge in [-0.2, -0.15) is 4.31 Å². The van der Waals surface area contributed by atoms with E-state index >= 15 is 0 Å². The third-order valence-corrected chi connectivity index (χ3v) is 8.29. The average Bonchev–Trinajstić information content (AvgIpc) is 3.13. The van der Waals surface area contributed by atoms with E-state index in [1.165, 1.54) is 0 Å². The van der Waals surface area contributed by atoms with Gasteiger partial charge < -0.3 is 9.47 Å². The molecule has 1 saturated heterocycles. The van der Waals surface area contributed by atoms with Crippen molar-refractivity contribution in [3.63, 3.8) is 0 Å². The topological polar surface area (TPSA) is 78.8 Å². The first-order valence-electron chi connectivity index (χ1n) is 11.2. The SMILES string of the molecule is CCc1ccccc1S(=O)(=O)N1CCN(Cc2nc3cc(C(=O)N(C)C)ccc3n2C)CC1. The second-order valence-corrected chi connectivity index (χ2v) is 10.5. The lowest BCUT2D eigenvalue weighted by Gasteiger charge is -2.34. The zero-order valence-corrected chi connectivity index (χ0v) is 20.5. The van der Waals surface area contributed by atoms with E-state index in [0.717, 1.165) is 22.4 Å². The molecule has 1 amide bonds. The summed E-state index contributed by atoms with van der Waals surface area (Å²) in [7, 11) is 1.94. The quantitative estimate of drug-likeness (QED) is 0.554. The molecule has 2 aromatic carbocycles. The Morgan fingerprint density at radius 1 is 1.06 bits per heavy atom. The molecule has 0 spiro atoms. The van der Waals surface area contributed by atoms with E-state index in [9.17, 15) is 13.2 Å². The number of amides is 1. The molecule has 0 saturated carbocycles. The standard InChI is InChI=1S/C24H31N5O3S/c1-5-18-8-6-7-9-22(18)33(31,32)29-14-12-28(13-15-29)17-23-25-20-16-19(24(30)26(2)3)10-11-21(20)27(23)4/h6-11,16H,5,12-15,17H2,1-4H3. The molecule has 1 aliphatic rings. The fraction of sp³-hybridized carbons (Fsp3) is 0.417. The van der Waals surface area contributed by atoms with Gasteiger partial charge in [-0.25, -0.2) is 13.4 Å². The van der Waals surface area contributed by atoms with Gasteiger partial charge in [0.05, 0.1) is 22.5 Å². The van der Waals surface area contributed by atoms with Crippen LogP contribution in [0.15, 0.2) is 47.4 Å². The van der Waals surface area contributed by atoms with Crippen LogP contribution in [0.25, 0.3) is 11.0 Å². The molecule has 0 unspecified atom stereocenters. The van der Waals surface area contributed by atoms with Gasteiger partial charge >= 0.3 is 0 Å². The summed E-state index contributed by atoms with van der Waals surface area (Å²) in [5.41, 5.74) is 3.23. The second-order valence-electron chi connectivity index (χ2n) is 8.63. The average molecular weight is 470 g/mol. The summed E-state index contributed by atoms with van der Waals surface area (Å²) in [5, 5.41) is 0. The fourth-order valence-corrected chi connectivity index (χ4v) is 6.01. The number of benzene rings is 2. The van der Waals surface area contributed by atoms with Crippen molar-refractivity contribution in [1.29, 1.82) is 0 Å². The van der Waals surface area contributed by atoms with Crippen molar-refractivity contribution in [1.82, 2.24) is 23.7 Å². The van der Waals surface area contributed by atoms with Crippen LogP contribution in [0, 0.1) is 0 Å². The molecule has 4 rings (SSSR count). The Balaban J connectivity index is 1.47. The van der Waals surface area contributed by atoms with Gasteiger partial charge in [0.2, 0.25) is 10.0 Å². The van der Waals surface area contributed by atoms with Crippen molar-refractivity contribution >= 4 is 27.0 Å². The van der Waals surface area contributed by atoms with Crippen LogP contribution in [0.2, 0.25) is 0 Å². The lowest BCUT2D eigenvalue weighted by atomic mass is 10.2. The number of rotatable bonds is 6. The van der Waals surface area contributed by atoms with Gasteiger partial charge in [-0.1, -0.05) is 25.1 Å². The smallest absolute Gasteiger partial charge is 0.253 e. The van der Waals surface area contributed by atoms with Crippen LogP contribution in [0.4, 0.5) is 0 Å². The molecule has 0 radical (unpaired) electrons. The molecule has 0 bridgehead atoms. The minimum Gasteiger partial charge on any atom is -0.345 e. The molecule has 1 fully saturated rings. The zero-order valence-electron chi connectivity index (χ0n) is 19.7. The Kier molecular flexibility index (Phi) is 6.56. The van der Waals surface area contributed by atoms with E-state index in [4.69, 9.17) is 4.98 Å². The lowest BCUT2D eigenvalue weighted by Crippen LogP contribution is -2.48. The minimum absolute atomic E-state index is 0.0499. The number of carbonyl (C=O) groups excluding carboxylic acids is 1. The predicted molar refractivity (Wildman–Crippen MR) is 129 cm³/mol. The van der Waals surface area contributed by atoms with E-state index in [2.05, 4.69) is 4.90 Å². The molecule has 33 heavy (non-hydrogen) atoms. The van der Waals surface area contributed by atoms with Gasteiger partial charge in [-0.05, 0) is 36.2 Å². The van der Waals surface area contributed by atoms with Crippen LogP contribution < -0.4 is 0 Å². The number of fused-ring (bicyclic) bond motifs is 1. The number of piperazine rings is 1. The molecule has 8 nitrogen and oxygen atoms in total. The van der Waals surface area contributed by atoms with E-state index in [0.29, 0.717) is 49.6 Å². The van der Waals surface area contributed by atoms with E-state index in [1.807, 2.05) is 48.9 Å². The maximum atomic E-state index is 13.2. The monoisotopic (exact) mass is 469 g/mol. The molecular weight excluding hydrogens is 438 g/mol. The Morgan fingerprint density at radius 2 is 1.76 bits per heavy atom. The second kappa shape index (κ2) is 9.24. The number of imidazole rings is 1. The van der Waals surface area contributed by atoms with Gasteiger partial charge in [0, 0.05) is 52.9 Å². The number of sulfonamides is 1. The predicted octanol–water partition coefficient (Wildman–Crippen LogP) is 2.34. The highest BCUT2D eigenvalue weighted by Gasteiger charge is 2.30. The van der Waals surface area contributed by atoms with Crippen LogP contribution in [-0.4, -0.2) is 78.3 Å². The van der Waals surface area contributed by atoms with Crippen LogP contribution in [0.5, 0.6) is 0 Å². The van der Waals surface area contributed by atoms with Gasteiger partial charge in [0.25, 0.3) is 5.91 Å². The van der Waals surface area contributed by atoms with Crippen molar-refractivity contribution in [3.8, 4) is 0 Å². The van der Waals surface area contributed by atoms with Gasteiger partial charge in [0.15, 0.2) is 0 Å². The van der Waals surface area contributed by atoms with Crippen LogP contribution in [0.1, 0.15) is 28.7 Å². The lowest BCUT2D eigenvalue weighted by molar-refractivity contribution is 0.0827. The number of aromatic nitrogens is 2. The molecule has 1 aliphatic heterocycles. The van der Waals surface area contributed by atoms with E-state index in [-0.39, 0.29) is 5.91 Å². The zero-order chi connectivity index (χ0) is 23.8. The van der Waals surface area contributed by atoms with Gasteiger partial charge in [-0.15, -0.1) is 0 Å². The molecule has 0 aliphatic carbocycles. The van der Waals surface area contributed by atoms with Crippen LogP contribution in [0.3, 0.4) is 0 Å². The van der Waals surface area contributed by atoms with Crippen molar-refractivity contribution in [2.24, 2.45) is 7.05 Å². The first-order valence-corrected chi connectivity index (χ1v) is 12.6. The summed E-state index contributed by atoms with van der Waals surface area (Å²) in [5.74, 6) is 0.846. The largest absolute Gasteiger partial charge is 0.345 e. The maximum Gasteiger partial charge on any atom is 0.253 e. The summed E-state index contributed by atoms with van der Waals surface area (Å²) >= 11 is 0. The minimum atomic E-state index is -3.50. The molecule has 0 N–H and O–H groups in total. The summed E-state index contributed by atoms with van der Waals surface area (Å²) in [4.78, 5) is 21.2. The Hall–Kier alpha value is -2.75. The molecule has 176 valence electrons.